The molecule has 0 atom stereocenters. The van der Waals surface area contributed by atoms with Gasteiger partial charge in [0.1, 0.15) is 0 Å². The lowest BCUT2D eigenvalue weighted by molar-refractivity contribution is 0.611. The summed E-state index contributed by atoms with van der Waals surface area (Å²) in [5, 5.41) is 2.63. The number of nitrogens with zero attached hydrogens (tertiary/aromatic N) is 1. The van der Waals surface area contributed by atoms with E-state index in [0.717, 1.165) is 39.4 Å². The Morgan fingerprint density at radius 3 is 2.40 bits per heavy atom. The molecule has 4 heteroatoms. The van der Waals surface area contributed by atoms with E-state index in [9.17, 15) is 0 Å². The summed E-state index contributed by atoms with van der Waals surface area (Å²) in [7, 11) is 0. The fourth-order valence-electron chi connectivity index (χ4n) is 3.72. The van der Waals surface area contributed by atoms with Gasteiger partial charge in [0.05, 0.1) is 5.52 Å². The van der Waals surface area contributed by atoms with Crippen LogP contribution in [0.1, 0.15) is 36.9 Å². The average Bonchev–Trinajstić information content (AvgIpc) is 2.56. The summed E-state index contributed by atoms with van der Waals surface area (Å²) in [5.74, 6) is 0. The van der Waals surface area contributed by atoms with Crippen LogP contribution in [0, 0.1) is 0 Å². The van der Waals surface area contributed by atoms with Gasteiger partial charge in [0, 0.05) is 26.7 Å². The SMILES string of the molecule is Cl.Clc1ccc2nc3c(c(-c4ccccc4Cl)c2c1)CCCCCC3. The summed E-state index contributed by atoms with van der Waals surface area (Å²) in [4.78, 5) is 4.97. The molecular formula is C21H20Cl3N. The van der Waals surface area contributed by atoms with Crippen LogP contribution in [0.15, 0.2) is 42.5 Å². The zero-order valence-electron chi connectivity index (χ0n) is 13.9. The van der Waals surface area contributed by atoms with E-state index in [1.165, 1.54) is 42.5 Å². The van der Waals surface area contributed by atoms with Crippen LogP contribution in [0.25, 0.3) is 22.0 Å². The Labute approximate surface area is 164 Å². The highest BCUT2D eigenvalue weighted by Crippen LogP contribution is 2.39. The monoisotopic (exact) mass is 391 g/mol. The van der Waals surface area contributed by atoms with Gasteiger partial charge in [0.25, 0.3) is 0 Å². The minimum absolute atomic E-state index is 0. The second kappa shape index (κ2) is 7.95. The number of halogens is 3. The van der Waals surface area contributed by atoms with Crippen LogP contribution < -0.4 is 0 Å². The molecule has 1 aliphatic carbocycles. The summed E-state index contributed by atoms with van der Waals surface area (Å²) in [6.07, 6.45) is 7.10. The van der Waals surface area contributed by atoms with E-state index in [0.29, 0.717) is 0 Å². The predicted octanol–water partition coefficient (Wildman–Crippen LogP) is 7.29. The van der Waals surface area contributed by atoms with Crippen molar-refractivity contribution in [1.29, 1.82) is 0 Å². The van der Waals surface area contributed by atoms with E-state index in [4.69, 9.17) is 28.2 Å². The van der Waals surface area contributed by atoms with Crippen molar-refractivity contribution in [1.82, 2.24) is 4.98 Å². The first-order chi connectivity index (χ1) is 11.7. The van der Waals surface area contributed by atoms with Crippen LogP contribution in [0.5, 0.6) is 0 Å². The normalized spacial score (nSPS) is 14.3. The molecular weight excluding hydrogens is 373 g/mol. The number of aromatic nitrogens is 1. The lowest BCUT2D eigenvalue weighted by Crippen LogP contribution is -2.06. The highest BCUT2D eigenvalue weighted by molar-refractivity contribution is 6.34. The van der Waals surface area contributed by atoms with Gasteiger partial charge in [-0.3, -0.25) is 4.98 Å². The van der Waals surface area contributed by atoms with Crippen LogP contribution in [-0.2, 0) is 12.8 Å². The summed E-state index contributed by atoms with van der Waals surface area (Å²) in [5.41, 5.74) is 5.92. The van der Waals surface area contributed by atoms with Crippen LogP contribution in [-0.4, -0.2) is 4.98 Å². The van der Waals surface area contributed by atoms with E-state index < -0.39 is 0 Å². The van der Waals surface area contributed by atoms with Gasteiger partial charge in [-0.2, -0.15) is 0 Å². The van der Waals surface area contributed by atoms with Crippen LogP contribution in [0.3, 0.4) is 0 Å². The van der Waals surface area contributed by atoms with Crippen LogP contribution >= 0.6 is 35.6 Å². The third-order valence-corrected chi connectivity index (χ3v) is 5.43. The molecule has 1 heterocycles. The molecule has 0 aliphatic heterocycles. The van der Waals surface area contributed by atoms with Gasteiger partial charge in [-0.05, 0) is 61.1 Å². The third kappa shape index (κ3) is 3.65. The first-order valence-corrected chi connectivity index (χ1v) is 9.35. The van der Waals surface area contributed by atoms with Gasteiger partial charge in [-0.25, -0.2) is 0 Å². The fraction of sp³-hybridized carbons (Fsp3) is 0.286. The molecule has 3 aromatic rings. The standard InChI is InChI=1S/C21H19Cl2N.ClH/c22-14-11-12-20-17(13-14)21(15-7-5-6-9-18(15)23)16-8-3-1-2-4-10-19(16)24-20;/h5-7,9,11-13H,1-4,8,10H2;1H. The van der Waals surface area contributed by atoms with Crippen LogP contribution in [0.2, 0.25) is 10.0 Å². The molecule has 1 aliphatic rings. The summed E-state index contributed by atoms with van der Waals surface area (Å²) in [6, 6.07) is 14.1. The number of fused-ring (bicyclic) bond motifs is 2. The Morgan fingerprint density at radius 1 is 0.840 bits per heavy atom. The van der Waals surface area contributed by atoms with Crippen molar-refractivity contribution >= 4 is 46.5 Å². The molecule has 0 saturated heterocycles. The summed E-state index contributed by atoms with van der Waals surface area (Å²) in [6.45, 7) is 0. The smallest absolute Gasteiger partial charge is 0.0712 e. The number of hydrogen-bond acceptors (Lipinski definition) is 1. The van der Waals surface area contributed by atoms with Crippen molar-refractivity contribution in [2.45, 2.75) is 38.5 Å². The zero-order valence-corrected chi connectivity index (χ0v) is 16.2. The maximum atomic E-state index is 6.56. The van der Waals surface area contributed by atoms with Crippen molar-refractivity contribution in [2.75, 3.05) is 0 Å². The summed E-state index contributed by atoms with van der Waals surface area (Å²) >= 11 is 12.9. The molecule has 4 rings (SSSR count). The van der Waals surface area contributed by atoms with E-state index in [2.05, 4.69) is 6.07 Å². The highest BCUT2D eigenvalue weighted by Gasteiger charge is 2.19. The maximum absolute atomic E-state index is 6.56. The predicted molar refractivity (Wildman–Crippen MR) is 110 cm³/mol. The molecule has 1 aromatic heterocycles. The largest absolute Gasteiger partial charge is 0.253 e. The zero-order chi connectivity index (χ0) is 16.5. The fourth-order valence-corrected chi connectivity index (χ4v) is 4.12. The van der Waals surface area contributed by atoms with E-state index in [-0.39, 0.29) is 12.4 Å². The van der Waals surface area contributed by atoms with Crippen molar-refractivity contribution in [3.63, 3.8) is 0 Å². The Bertz CT molecular complexity index is 905. The lowest BCUT2D eigenvalue weighted by Gasteiger charge is -2.20. The van der Waals surface area contributed by atoms with Gasteiger partial charge >= 0.3 is 0 Å². The minimum Gasteiger partial charge on any atom is -0.253 e. The van der Waals surface area contributed by atoms with Gasteiger partial charge in [0.15, 0.2) is 0 Å². The Balaban J connectivity index is 0.00000182. The van der Waals surface area contributed by atoms with Crippen molar-refractivity contribution < 1.29 is 0 Å². The van der Waals surface area contributed by atoms with E-state index >= 15 is 0 Å². The number of benzene rings is 2. The molecule has 2 aromatic carbocycles. The Morgan fingerprint density at radius 2 is 1.60 bits per heavy atom. The molecule has 1 nitrogen and oxygen atoms in total. The van der Waals surface area contributed by atoms with Crippen molar-refractivity contribution in [3.8, 4) is 11.1 Å². The molecule has 0 saturated carbocycles. The Hall–Kier alpha value is -1.28. The maximum Gasteiger partial charge on any atom is 0.0712 e. The molecule has 0 amide bonds. The molecule has 0 radical (unpaired) electrons. The summed E-state index contributed by atoms with van der Waals surface area (Å²) < 4.78 is 0. The quantitative estimate of drug-likeness (QED) is 0.423. The minimum atomic E-state index is 0. The molecule has 0 fully saturated rings. The van der Waals surface area contributed by atoms with E-state index in [1.54, 1.807) is 0 Å². The van der Waals surface area contributed by atoms with E-state index in [1.807, 2.05) is 36.4 Å². The van der Waals surface area contributed by atoms with Crippen molar-refractivity contribution in [2.24, 2.45) is 0 Å². The van der Waals surface area contributed by atoms with Crippen LogP contribution in [0.4, 0.5) is 0 Å². The first kappa shape index (κ1) is 18.5. The third-order valence-electron chi connectivity index (χ3n) is 4.87. The van der Waals surface area contributed by atoms with Gasteiger partial charge in [-0.1, -0.05) is 54.2 Å². The second-order valence-corrected chi connectivity index (χ2v) is 7.31. The van der Waals surface area contributed by atoms with Gasteiger partial charge < -0.3 is 0 Å². The van der Waals surface area contributed by atoms with Gasteiger partial charge in [-0.15, -0.1) is 12.4 Å². The molecule has 25 heavy (non-hydrogen) atoms. The topological polar surface area (TPSA) is 12.9 Å². The second-order valence-electron chi connectivity index (χ2n) is 6.47. The number of rotatable bonds is 1. The number of pyridine rings is 1. The molecule has 0 N–H and O–H groups in total. The molecule has 0 spiro atoms. The van der Waals surface area contributed by atoms with Crippen molar-refractivity contribution in [3.05, 3.63) is 63.8 Å². The van der Waals surface area contributed by atoms with Gasteiger partial charge in [0.2, 0.25) is 0 Å². The lowest BCUT2D eigenvalue weighted by atomic mass is 9.88. The highest BCUT2D eigenvalue weighted by atomic mass is 35.5. The average molecular weight is 393 g/mol. The number of aryl methyl sites for hydroxylation is 1. The number of hydrogen-bond donors (Lipinski definition) is 0. The molecule has 0 bridgehead atoms. The molecule has 130 valence electrons. The first-order valence-electron chi connectivity index (χ1n) is 8.60. The Kier molecular flexibility index (Phi) is 5.89. The molecule has 0 unspecified atom stereocenters.